The fraction of sp³-hybridized carbons (Fsp3) is 1.00. The highest BCUT2D eigenvalue weighted by Gasteiger charge is 2.33. The van der Waals surface area contributed by atoms with Gasteiger partial charge in [-0.2, -0.15) is 0 Å². The van der Waals surface area contributed by atoms with Crippen LogP contribution in [0.1, 0.15) is 40.0 Å². The summed E-state index contributed by atoms with van der Waals surface area (Å²) in [5.41, 5.74) is 0.355. The molecule has 0 bridgehead atoms. The first-order valence-corrected chi connectivity index (χ1v) is 7.19. The van der Waals surface area contributed by atoms with Crippen molar-refractivity contribution in [2.45, 2.75) is 57.7 Å². The van der Waals surface area contributed by atoms with Crippen LogP contribution in [0.4, 0.5) is 0 Å². The lowest BCUT2D eigenvalue weighted by molar-refractivity contribution is 0.0392. The standard InChI is InChI=1S/C14H29N3/c1-12-9-17(10-13(2)16(12)4)11-14(3)7-5-6-8-15-14/h12-13,15H,5-11H2,1-4H3. The Morgan fingerprint density at radius 3 is 2.35 bits per heavy atom. The van der Waals surface area contributed by atoms with Gasteiger partial charge in [0, 0.05) is 37.3 Å². The largest absolute Gasteiger partial charge is 0.310 e. The molecule has 2 rings (SSSR count). The van der Waals surface area contributed by atoms with Crippen molar-refractivity contribution in [3.05, 3.63) is 0 Å². The second kappa shape index (κ2) is 5.25. The van der Waals surface area contributed by atoms with Crippen LogP contribution in [0.15, 0.2) is 0 Å². The smallest absolute Gasteiger partial charge is 0.0280 e. The Hall–Kier alpha value is -0.120. The van der Waals surface area contributed by atoms with Gasteiger partial charge >= 0.3 is 0 Å². The number of piperidine rings is 1. The summed E-state index contributed by atoms with van der Waals surface area (Å²) in [6.07, 6.45) is 4.08. The second-order valence-electron chi connectivity index (χ2n) is 6.50. The Balaban J connectivity index is 1.90. The summed E-state index contributed by atoms with van der Waals surface area (Å²) in [5.74, 6) is 0. The number of nitrogens with one attached hydrogen (secondary N) is 1. The molecule has 3 nitrogen and oxygen atoms in total. The quantitative estimate of drug-likeness (QED) is 0.788. The van der Waals surface area contributed by atoms with E-state index in [-0.39, 0.29) is 0 Å². The molecule has 100 valence electrons. The van der Waals surface area contributed by atoms with Crippen LogP contribution in [0.5, 0.6) is 0 Å². The first-order valence-electron chi connectivity index (χ1n) is 7.19. The minimum absolute atomic E-state index is 0.355. The molecule has 2 aliphatic rings. The summed E-state index contributed by atoms with van der Waals surface area (Å²) >= 11 is 0. The molecule has 2 heterocycles. The van der Waals surface area contributed by atoms with Crippen LogP contribution < -0.4 is 5.32 Å². The van der Waals surface area contributed by atoms with Crippen molar-refractivity contribution in [1.29, 1.82) is 0 Å². The number of nitrogens with zero attached hydrogens (tertiary/aromatic N) is 2. The zero-order valence-electron chi connectivity index (χ0n) is 12.0. The molecule has 3 heteroatoms. The lowest BCUT2D eigenvalue weighted by Crippen LogP contribution is -2.60. The van der Waals surface area contributed by atoms with Gasteiger partial charge in [0.1, 0.15) is 0 Å². The van der Waals surface area contributed by atoms with Gasteiger partial charge in [0.05, 0.1) is 0 Å². The first kappa shape index (κ1) is 13.3. The van der Waals surface area contributed by atoms with E-state index in [0.717, 1.165) is 0 Å². The number of rotatable bonds is 2. The van der Waals surface area contributed by atoms with E-state index >= 15 is 0 Å². The van der Waals surface area contributed by atoms with Crippen molar-refractivity contribution in [2.75, 3.05) is 33.2 Å². The van der Waals surface area contributed by atoms with Crippen molar-refractivity contribution < 1.29 is 0 Å². The van der Waals surface area contributed by atoms with Gasteiger partial charge in [-0.3, -0.25) is 9.80 Å². The zero-order chi connectivity index (χ0) is 12.5. The van der Waals surface area contributed by atoms with Gasteiger partial charge in [0.15, 0.2) is 0 Å². The molecule has 3 unspecified atom stereocenters. The Morgan fingerprint density at radius 2 is 1.82 bits per heavy atom. The molecule has 0 amide bonds. The van der Waals surface area contributed by atoms with Crippen LogP contribution in [-0.4, -0.2) is 60.6 Å². The minimum atomic E-state index is 0.355. The summed E-state index contributed by atoms with van der Waals surface area (Å²) in [6.45, 7) is 12.0. The molecule has 0 spiro atoms. The molecule has 0 aromatic carbocycles. The molecule has 2 fully saturated rings. The molecule has 0 aliphatic carbocycles. The van der Waals surface area contributed by atoms with E-state index < -0.39 is 0 Å². The third-order valence-corrected chi connectivity index (χ3v) is 4.72. The van der Waals surface area contributed by atoms with Gasteiger partial charge in [-0.15, -0.1) is 0 Å². The summed E-state index contributed by atoms with van der Waals surface area (Å²) in [6, 6.07) is 1.37. The third-order valence-electron chi connectivity index (χ3n) is 4.72. The van der Waals surface area contributed by atoms with E-state index in [1.54, 1.807) is 0 Å². The number of likely N-dealkylation sites (N-methyl/N-ethyl adjacent to an activating group) is 1. The van der Waals surface area contributed by atoms with E-state index in [0.29, 0.717) is 17.6 Å². The van der Waals surface area contributed by atoms with Gasteiger partial charge in [-0.05, 0) is 47.2 Å². The zero-order valence-corrected chi connectivity index (χ0v) is 12.0. The third kappa shape index (κ3) is 3.21. The van der Waals surface area contributed by atoms with Crippen LogP contribution in [0.25, 0.3) is 0 Å². The number of hydrogen-bond donors (Lipinski definition) is 1. The number of piperazine rings is 1. The molecule has 0 aromatic heterocycles. The van der Waals surface area contributed by atoms with Gasteiger partial charge < -0.3 is 5.32 Å². The maximum absolute atomic E-state index is 3.73. The fourth-order valence-electron chi connectivity index (χ4n) is 3.39. The summed E-state index contributed by atoms with van der Waals surface area (Å²) in [4.78, 5) is 5.17. The fourth-order valence-corrected chi connectivity index (χ4v) is 3.39. The van der Waals surface area contributed by atoms with Gasteiger partial charge in [0.2, 0.25) is 0 Å². The maximum atomic E-state index is 3.73. The van der Waals surface area contributed by atoms with Crippen molar-refractivity contribution in [2.24, 2.45) is 0 Å². The molecule has 2 aliphatic heterocycles. The summed E-state index contributed by atoms with van der Waals surface area (Å²) in [7, 11) is 2.26. The molecule has 17 heavy (non-hydrogen) atoms. The van der Waals surface area contributed by atoms with Crippen LogP contribution in [0.2, 0.25) is 0 Å². The van der Waals surface area contributed by atoms with Gasteiger partial charge in [-0.1, -0.05) is 6.42 Å². The monoisotopic (exact) mass is 239 g/mol. The van der Waals surface area contributed by atoms with Crippen molar-refractivity contribution >= 4 is 0 Å². The first-order chi connectivity index (χ1) is 8.00. The molecule has 1 N–H and O–H groups in total. The highest BCUT2D eigenvalue weighted by atomic mass is 15.3. The van der Waals surface area contributed by atoms with Crippen molar-refractivity contribution in [3.8, 4) is 0 Å². The van der Waals surface area contributed by atoms with Crippen LogP contribution in [-0.2, 0) is 0 Å². The highest BCUT2D eigenvalue weighted by molar-refractivity contribution is 4.92. The molecule has 0 aromatic rings. The summed E-state index contributed by atoms with van der Waals surface area (Å²) in [5, 5.41) is 3.73. The van der Waals surface area contributed by atoms with Crippen LogP contribution >= 0.6 is 0 Å². The lowest BCUT2D eigenvalue weighted by atomic mass is 9.89. The van der Waals surface area contributed by atoms with E-state index in [9.17, 15) is 0 Å². The average Bonchev–Trinajstić information content (AvgIpc) is 2.26. The van der Waals surface area contributed by atoms with E-state index in [2.05, 4.69) is 42.9 Å². The van der Waals surface area contributed by atoms with Crippen molar-refractivity contribution in [3.63, 3.8) is 0 Å². The van der Waals surface area contributed by atoms with Gasteiger partial charge in [0.25, 0.3) is 0 Å². The van der Waals surface area contributed by atoms with Crippen LogP contribution in [0, 0.1) is 0 Å². The highest BCUT2D eigenvalue weighted by Crippen LogP contribution is 2.22. The average molecular weight is 239 g/mol. The van der Waals surface area contributed by atoms with E-state index in [4.69, 9.17) is 0 Å². The lowest BCUT2D eigenvalue weighted by Gasteiger charge is -2.46. The Bertz CT molecular complexity index is 236. The SMILES string of the molecule is CC1CN(CC2(C)CCCCN2)CC(C)N1C. The summed E-state index contributed by atoms with van der Waals surface area (Å²) < 4.78 is 0. The molecular formula is C14H29N3. The second-order valence-corrected chi connectivity index (χ2v) is 6.50. The predicted octanol–water partition coefficient (Wildman–Crippen LogP) is 1.54. The van der Waals surface area contributed by atoms with Crippen molar-refractivity contribution in [1.82, 2.24) is 15.1 Å². The number of hydrogen-bond acceptors (Lipinski definition) is 3. The Morgan fingerprint density at radius 1 is 1.18 bits per heavy atom. The molecule has 0 radical (unpaired) electrons. The molecular weight excluding hydrogens is 210 g/mol. The predicted molar refractivity (Wildman–Crippen MR) is 73.4 cm³/mol. The molecule has 2 saturated heterocycles. The van der Waals surface area contributed by atoms with E-state index in [1.165, 1.54) is 45.4 Å². The minimum Gasteiger partial charge on any atom is -0.310 e. The normalized spacial score (nSPS) is 41.6. The molecule has 0 saturated carbocycles. The topological polar surface area (TPSA) is 18.5 Å². The van der Waals surface area contributed by atoms with E-state index in [1.807, 2.05) is 0 Å². The van der Waals surface area contributed by atoms with Gasteiger partial charge in [-0.25, -0.2) is 0 Å². The molecule has 3 atom stereocenters. The Kier molecular flexibility index (Phi) is 4.11. The Labute approximate surface area is 107 Å². The van der Waals surface area contributed by atoms with Crippen LogP contribution in [0.3, 0.4) is 0 Å². The maximum Gasteiger partial charge on any atom is 0.0280 e.